The van der Waals surface area contributed by atoms with Gasteiger partial charge in [-0.05, 0) is 35.4 Å². The van der Waals surface area contributed by atoms with Crippen LogP contribution in [0.2, 0.25) is 0 Å². The molecule has 4 rings (SSSR count). The average molecular weight is 367 g/mol. The van der Waals surface area contributed by atoms with Gasteiger partial charge in [-0.15, -0.1) is 0 Å². The predicted octanol–water partition coefficient (Wildman–Crippen LogP) is 2.03. The van der Waals surface area contributed by atoms with E-state index < -0.39 is 0 Å². The SMILES string of the molecule is COc1ccc([C@H](NC(=O)CN2Cc3ccccc3C2)C2CC(O)C2)cn1. The van der Waals surface area contributed by atoms with Gasteiger partial charge in [-0.2, -0.15) is 0 Å². The summed E-state index contributed by atoms with van der Waals surface area (Å²) < 4.78 is 5.12. The molecule has 1 atom stereocenters. The molecule has 142 valence electrons. The molecule has 0 unspecified atom stereocenters. The molecule has 1 aromatic heterocycles. The largest absolute Gasteiger partial charge is 0.481 e. The maximum atomic E-state index is 12.7. The molecule has 2 heterocycles. The van der Waals surface area contributed by atoms with Crippen LogP contribution in [0.3, 0.4) is 0 Å². The zero-order valence-corrected chi connectivity index (χ0v) is 15.5. The number of fused-ring (bicyclic) bond motifs is 1. The molecular weight excluding hydrogens is 342 g/mol. The standard InChI is InChI=1S/C21H25N3O3/c1-27-20-7-6-14(10-22-20)21(17-8-18(25)9-17)23-19(26)13-24-11-15-4-2-3-5-16(15)12-24/h2-7,10,17-18,21,25H,8-9,11-13H2,1H3,(H,23,26)/t17?,18?,21-/m0/s1. The highest BCUT2D eigenvalue weighted by Gasteiger charge is 2.36. The van der Waals surface area contributed by atoms with Crippen molar-refractivity contribution in [3.63, 3.8) is 0 Å². The molecule has 0 saturated heterocycles. The molecule has 1 fully saturated rings. The first-order valence-electron chi connectivity index (χ1n) is 9.39. The Kier molecular flexibility index (Phi) is 5.09. The number of hydrogen-bond acceptors (Lipinski definition) is 5. The van der Waals surface area contributed by atoms with E-state index in [0.29, 0.717) is 25.3 Å². The summed E-state index contributed by atoms with van der Waals surface area (Å²) in [5.41, 5.74) is 3.54. The molecule has 1 aromatic carbocycles. The summed E-state index contributed by atoms with van der Waals surface area (Å²) in [6.07, 6.45) is 2.88. The van der Waals surface area contributed by atoms with Crippen molar-refractivity contribution >= 4 is 5.91 Å². The van der Waals surface area contributed by atoms with Gasteiger partial charge >= 0.3 is 0 Å². The van der Waals surface area contributed by atoms with Gasteiger partial charge in [0.15, 0.2) is 0 Å². The molecule has 2 N–H and O–H groups in total. The summed E-state index contributed by atoms with van der Waals surface area (Å²) in [6, 6.07) is 11.9. The minimum Gasteiger partial charge on any atom is -0.481 e. The lowest BCUT2D eigenvalue weighted by molar-refractivity contribution is -0.124. The first-order valence-corrected chi connectivity index (χ1v) is 9.39. The van der Waals surface area contributed by atoms with Crippen molar-refractivity contribution < 1.29 is 14.6 Å². The number of methoxy groups -OCH3 is 1. The third-order valence-electron chi connectivity index (χ3n) is 5.54. The molecule has 6 nitrogen and oxygen atoms in total. The molecule has 2 aromatic rings. The maximum Gasteiger partial charge on any atom is 0.234 e. The minimum atomic E-state index is -0.270. The lowest BCUT2D eigenvalue weighted by atomic mass is 9.75. The fourth-order valence-electron chi connectivity index (χ4n) is 4.01. The highest BCUT2D eigenvalue weighted by Crippen LogP contribution is 2.38. The number of ether oxygens (including phenoxy) is 1. The zero-order valence-electron chi connectivity index (χ0n) is 15.5. The number of amides is 1. The molecule has 1 amide bonds. The van der Waals surface area contributed by atoms with Crippen LogP contribution in [0.15, 0.2) is 42.6 Å². The number of nitrogens with zero attached hydrogens (tertiary/aromatic N) is 2. The molecule has 6 heteroatoms. The van der Waals surface area contributed by atoms with E-state index in [1.807, 2.05) is 18.2 Å². The first kappa shape index (κ1) is 17.9. The van der Waals surface area contributed by atoms with Gasteiger partial charge in [0.25, 0.3) is 0 Å². The van der Waals surface area contributed by atoms with Crippen LogP contribution in [0.4, 0.5) is 0 Å². The summed E-state index contributed by atoms with van der Waals surface area (Å²) in [7, 11) is 1.58. The Bertz CT molecular complexity index is 778. The lowest BCUT2D eigenvalue weighted by Gasteiger charge is -2.38. The fraction of sp³-hybridized carbons (Fsp3) is 0.429. The second kappa shape index (κ2) is 7.66. The van der Waals surface area contributed by atoms with E-state index in [9.17, 15) is 9.90 Å². The molecule has 0 bridgehead atoms. The minimum absolute atomic E-state index is 0.00464. The molecule has 0 spiro atoms. The second-order valence-corrected chi connectivity index (χ2v) is 7.48. The Labute approximate surface area is 159 Å². The van der Waals surface area contributed by atoms with E-state index >= 15 is 0 Å². The van der Waals surface area contributed by atoms with E-state index in [1.165, 1.54) is 11.1 Å². The van der Waals surface area contributed by atoms with Crippen molar-refractivity contribution in [2.75, 3.05) is 13.7 Å². The van der Waals surface area contributed by atoms with Crippen LogP contribution in [0, 0.1) is 5.92 Å². The van der Waals surface area contributed by atoms with Gasteiger partial charge in [0.05, 0.1) is 25.8 Å². The molecule has 0 radical (unpaired) electrons. The Balaban J connectivity index is 1.41. The van der Waals surface area contributed by atoms with Crippen molar-refractivity contribution in [1.29, 1.82) is 0 Å². The molecular formula is C21H25N3O3. The topological polar surface area (TPSA) is 74.7 Å². The van der Waals surface area contributed by atoms with E-state index in [-0.39, 0.29) is 24.0 Å². The van der Waals surface area contributed by atoms with Crippen LogP contribution >= 0.6 is 0 Å². The van der Waals surface area contributed by atoms with Gasteiger partial charge < -0.3 is 15.2 Å². The third kappa shape index (κ3) is 3.96. The number of aliphatic hydroxyl groups is 1. The number of aliphatic hydroxyl groups excluding tert-OH is 1. The Hall–Kier alpha value is -2.44. The van der Waals surface area contributed by atoms with Crippen LogP contribution in [0.1, 0.15) is 35.6 Å². The van der Waals surface area contributed by atoms with Crippen molar-refractivity contribution in [2.45, 2.75) is 38.1 Å². The van der Waals surface area contributed by atoms with Gasteiger partial charge in [0, 0.05) is 25.4 Å². The molecule has 2 aliphatic rings. The third-order valence-corrected chi connectivity index (χ3v) is 5.54. The van der Waals surface area contributed by atoms with Gasteiger partial charge in [0.1, 0.15) is 0 Å². The number of carbonyl (C=O) groups excluding carboxylic acids is 1. The quantitative estimate of drug-likeness (QED) is 0.817. The van der Waals surface area contributed by atoms with Crippen molar-refractivity contribution in [1.82, 2.24) is 15.2 Å². The summed E-state index contributed by atoms with van der Waals surface area (Å²) in [5.74, 6) is 0.784. The summed E-state index contributed by atoms with van der Waals surface area (Å²) in [5, 5.41) is 12.9. The van der Waals surface area contributed by atoms with Crippen LogP contribution in [-0.2, 0) is 17.9 Å². The first-order chi connectivity index (χ1) is 13.1. The average Bonchev–Trinajstić information content (AvgIpc) is 3.06. The zero-order chi connectivity index (χ0) is 18.8. The van der Waals surface area contributed by atoms with Crippen LogP contribution < -0.4 is 10.1 Å². The summed E-state index contributed by atoms with van der Waals surface area (Å²) in [6.45, 7) is 1.98. The monoisotopic (exact) mass is 367 g/mol. The van der Waals surface area contributed by atoms with Crippen molar-refractivity contribution in [2.24, 2.45) is 5.92 Å². The van der Waals surface area contributed by atoms with Crippen molar-refractivity contribution in [3.05, 3.63) is 59.3 Å². The lowest BCUT2D eigenvalue weighted by Crippen LogP contribution is -2.44. The predicted molar refractivity (Wildman–Crippen MR) is 101 cm³/mol. The number of hydrogen-bond donors (Lipinski definition) is 2. The highest BCUT2D eigenvalue weighted by molar-refractivity contribution is 5.78. The van der Waals surface area contributed by atoms with Gasteiger partial charge in [0.2, 0.25) is 11.8 Å². The van der Waals surface area contributed by atoms with Gasteiger partial charge in [-0.3, -0.25) is 9.69 Å². The van der Waals surface area contributed by atoms with Gasteiger partial charge in [-0.25, -0.2) is 4.98 Å². The molecule has 27 heavy (non-hydrogen) atoms. The molecule has 1 aliphatic carbocycles. The summed E-state index contributed by atoms with van der Waals surface area (Å²) >= 11 is 0. The highest BCUT2D eigenvalue weighted by atomic mass is 16.5. The molecule has 1 saturated carbocycles. The number of aromatic nitrogens is 1. The van der Waals surface area contributed by atoms with Crippen molar-refractivity contribution in [3.8, 4) is 5.88 Å². The van der Waals surface area contributed by atoms with E-state index in [1.54, 1.807) is 19.4 Å². The Morgan fingerprint density at radius 3 is 2.52 bits per heavy atom. The second-order valence-electron chi connectivity index (χ2n) is 7.48. The number of carbonyl (C=O) groups is 1. The normalized spacial score (nSPS) is 22.6. The number of rotatable bonds is 6. The van der Waals surface area contributed by atoms with E-state index in [2.05, 4.69) is 27.3 Å². The summed E-state index contributed by atoms with van der Waals surface area (Å²) in [4.78, 5) is 19.1. The molecule has 1 aliphatic heterocycles. The van der Waals surface area contributed by atoms with Crippen LogP contribution in [0.5, 0.6) is 5.88 Å². The Morgan fingerprint density at radius 1 is 1.26 bits per heavy atom. The number of pyridine rings is 1. The fourth-order valence-corrected chi connectivity index (χ4v) is 4.01. The maximum absolute atomic E-state index is 12.7. The Morgan fingerprint density at radius 2 is 1.96 bits per heavy atom. The number of benzene rings is 1. The van der Waals surface area contributed by atoms with Crippen LogP contribution in [0.25, 0.3) is 0 Å². The van der Waals surface area contributed by atoms with E-state index in [0.717, 1.165) is 18.7 Å². The van der Waals surface area contributed by atoms with Gasteiger partial charge in [-0.1, -0.05) is 30.3 Å². The smallest absolute Gasteiger partial charge is 0.234 e. The van der Waals surface area contributed by atoms with Crippen LogP contribution in [-0.4, -0.2) is 40.7 Å². The number of nitrogens with one attached hydrogen (secondary N) is 1. The van der Waals surface area contributed by atoms with E-state index in [4.69, 9.17) is 4.74 Å².